The smallest absolute Gasteiger partial charge is 0.252 e. The number of aromatic nitrogens is 1. The summed E-state index contributed by atoms with van der Waals surface area (Å²) in [6, 6.07) is 17.6. The maximum atomic E-state index is 13.2. The number of carbonyl (C=O) groups excluding carboxylic acids is 1. The number of para-hydroxylation sites is 1. The third-order valence-electron chi connectivity index (χ3n) is 6.75. The third kappa shape index (κ3) is 4.04. The summed E-state index contributed by atoms with van der Waals surface area (Å²) in [7, 11) is 0. The Kier molecular flexibility index (Phi) is 5.76. The summed E-state index contributed by atoms with van der Waals surface area (Å²) in [5, 5.41) is 4.04. The minimum absolute atomic E-state index is 0.142. The van der Waals surface area contributed by atoms with Gasteiger partial charge in [-0.1, -0.05) is 74.7 Å². The molecule has 4 rings (SSSR count). The van der Waals surface area contributed by atoms with Gasteiger partial charge in [0.2, 0.25) is 0 Å². The minimum Gasteiger partial charge on any atom is -0.349 e. The van der Waals surface area contributed by atoms with E-state index in [1.54, 1.807) is 4.57 Å². The van der Waals surface area contributed by atoms with Crippen molar-refractivity contribution in [3.63, 3.8) is 0 Å². The van der Waals surface area contributed by atoms with E-state index >= 15 is 0 Å². The van der Waals surface area contributed by atoms with Crippen LogP contribution in [0.5, 0.6) is 0 Å². The second-order valence-electron chi connectivity index (χ2n) is 8.83. The topological polar surface area (TPSA) is 51.1 Å². The van der Waals surface area contributed by atoms with E-state index in [-0.39, 0.29) is 17.5 Å². The zero-order valence-corrected chi connectivity index (χ0v) is 18.0. The number of pyridine rings is 1. The van der Waals surface area contributed by atoms with E-state index in [0.717, 1.165) is 29.3 Å². The van der Waals surface area contributed by atoms with Crippen LogP contribution in [0.4, 0.5) is 0 Å². The van der Waals surface area contributed by atoms with Gasteiger partial charge in [0.1, 0.15) is 0 Å². The van der Waals surface area contributed by atoms with Gasteiger partial charge in [-0.2, -0.15) is 0 Å². The van der Waals surface area contributed by atoms with E-state index in [2.05, 4.69) is 31.3 Å². The Hall–Kier alpha value is -2.88. The van der Waals surface area contributed by atoms with E-state index < -0.39 is 0 Å². The van der Waals surface area contributed by atoms with Gasteiger partial charge in [-0.15, -0.1) is 0 Å². The molecule has 1 amide bonds. The van der Waals surface area contributed by atoms with Crippen LogP contribution in [0.2, 0.25) is 0 Å². The molecule has 3 aromatic rings. The number of carbonyl (C=O) groups is 1. The second kappa shape index (κ2) is 8.47. The molecule has 1 aromatic heterocycles. The number of fused-ring (bicyclic) bond motifs is 1. The SMILES string of the molecule is Cc1ccc(Cn2c(=O)cc(C(=O)N[C@@H]3CCC[C@@H](C)[C@H]3C)c3ccccc32)cc1. The highest BCUT2D eigenvalue weighted by atomic mass is 16.2. The van der Waals surface area contributed by atoms with Gasteiger partial charge < -0.3 is 9.88 Å². The fourth-order valence-corrected chi connectivity index (χ4v) is 4.59. The molecule has 0 aliphatic heterocycles. The number of benzene rings is 2. The maximum Gasteiger partial charge on any atom is 0.252 e. The summed E-state index contributed by atoms with van der Waals surface area (Å²) < 4.78 is 1.75. The lowest BCUT2D eigenvalue weighted by Crippen LogP contribution is -2.44. The summed E-state index contributed by atoms with van der Waals surface area (Å²) in [6.07, 6.45) is 3.35. The Balaban J connectivity index is 1.69. The highest BCUT2D eigenvalue weighted by Gasteiger charge is 2.29. The number of nitrogens with zero attached hydrogens (tertiary/aromatic N) is 1. The molecule has 4 heteroatoms. The maximum absolute atomic E-state index is 13.2. The van der Waals surface area contributed by atoms with Gasteiger partial charge in [0.15, 0.2) is 0 Å². The van der Waals surface area contributed by atoms with Crippen LogP contribution >= 0.6 is 0 Å². The number of aryl methyl sites for hydroxylation is 1. The van der Waals surface area contributed by atoms with Gasteiger partial charge in [-0.05, 0) is 36.8 Å². The van der Waals surface area contributed by atoms with Crippen LogP contribution in [-0.4, -0.2) is 16.5 Å². The molecule has 30 heavy (non-hydrogen) atoms. The van der Waals surface area contributed by atoms with Gasteiger partial charge in [0, 0.05) is 17.5 Å². The Labute approximate surface area is 177 Å². The van der Waals surface area contributed by atoms with Gasteiger partial charge >= 0.3 is 0 Å². The molecule has 0 radical (unpaired) electrons. The van der Waals surface area contributed by atoms with Gasteiger partial charge in [-0.3, -0.25) is 9.59 Å². The lowest BCUT2D eigenvalue weighted by atomic mass is 9.78. The van der Waals surface area contributed by atoms with Crippen molar-refractivity contribution >= 4 is 16.8 Å². The van der Waals surface area contributed by atoms with Crippen molar-refractivity contribution in [1.29, 1.82) is 0 Å². The first-order valence-electron chi connectivity index (χ1n) is 10.9. The Bertz CT molecular complexity index is 1110. The number of rotatable bonds is 4. The third-order valence-corrected chi connectivity index (χ3v) is 6.75. The molecular formula is C26H30N2O2. The Morgan fingerprint density at radius 2 is 1.80 bits per heavy atom. The van der Waals surface area contributed by atoms with Gasteiger partial charge in [0.05, 0.1) is 17.6 Å². The van der Waals surface area contributed by atoms with Crippen LogP contribution in [0.15, 0.2) is 59.4 Å². The van der Waals surface area contributed by atoms with Crippen LogP contribution in [-0.2, 0) is 6.54 Å². The molecule has 1 heterocycles. The van der Waals surface area contributed by atoms with Gasteiger partial charge in [0.25, 0.3) is 11.5 Å². The normalized spacial score (nSPS) is 21.5. The van der Waals surface area contributed by atoms with Crippen molar-refractivity contribution in [3.05, 3.63) is 81.6 Å². The number of amides is 1. The monoisotopic (exact) mass is 402 g/mol. The molecule has 1 saturated carbocycles. The fraction of sp³-hybridized carbons (Fsp3) is 0.385. The largest absolute Gasteiger partial charge is 0.349 e. The second-order valence-corrected chi connectivity index (χ2v) is 8.83. The van der Waals surface area contributed by atoms with Crippen LogP contribution in [0.1, 0.15) is 54.6 Å². The molecule has 0 spiro atoms. The number of hydrogen-bond acceptors (Lipinski definition) is 2. The molecule has 1 fully saturated rings. The molecule has 0 saturated heterocycles. The predicted molar refractivity (Wildman–Crippen MR) is 122 cm³/mol. The quantitative estimate of drug-likeness (QED) is 0.674. The fourth-order valence-electron chi connectivity index (χ4n) is 4.59. The predicted octanol–water partition coefficient (Wildman–Crippen LogP) is 4.91. The summed E-state index contributed by atoms with van der Waals surface area (Å²) in [4.78, 5) is 26.2. The van der Waals surface area contributed by atoms with E-state index in [1.165, 1.54) is 18.1 Å². The van der Waals surface area contributed by atoms with Crippen molar-refractivity contribution in [2.75, 3.05) is 0 Å². The number of nitrogens with one attached hydrogen (secondary N) is 1. The zero-order valence-electron chi connectivity index (χ0n) is 18.0. The van der Waals surface area contributed by atoms with E-state index in [1.807, 2.05) is 43.3 Å². The van der Waals surface area contributed by atoms with E-state index in [9.17, 15) is 9.59 Å². The highest BCUT2D eigenvalue weighted by molar-refractivity contribution is 6.06. The van der Waals surface area contributed by atoms with Crippen LogP contribution < -0.4 is 10.9 Å². The first-order valence-corrected chi connectivity index (χ1v) is 10.9. The number of hydrogen-bond donors (Lipinski definition) is 1. The molecular weight excluding hydrogens is 372 g/mol. The summed E-state index contributed by atoms with van der Waals surface area (Å²) in [5.41, 5.74) is 3.37. The van der Waals surface area contributed by atoms with Gasteiger partial charge in [-0.25, -0.2) is 0 Å². The molecule has 1 aliphatic carbocycles. The van der Waals surface area contributed by atoms with E-state index in [4.69, 9.17) is 0 Å². The highest BCUT2D eigenvalue weighted by Crippen LogP contribution is 2.30. The lowest BCUT2D eigenvalue weighted by Gasteiger charge is -2.34. The minimum atomic E-state index is -0.149. The molecule has 2 aromatic carbocycles. The average Bonchev–Trinajstić information content (AvgIpc) is 2.74. The molecule has 1 aliphatic rings. The van der Waals surface area contributed by atoms with Crippen LogP contribution in [0.3, 0.4) is 0 Å². The summed E-state index contributed by atoms with van der Waals surface area (Å²) in [6.45, 7) is 7.00. The molecule has 4 nitrogen and oxygen atoms in total. The summed E-state index contributed by atoms with van der Waals surface area (Å²) >= 11 is 0. The lowest BCUT2D eigenvalue weighted by molar-refractivity contribution is 0.0892. The molecule has 0 unspecified atom stereocenters. The average molecular weight is 403 g/mol. The van der Waals surface area contributed by atoms with Crippen molar-refractivity contribution < 1.29 is 4.79 Å². The van der Waals surface area contributed by atoms with Crippen LogP contribution in [0, 0.1) is 18.8 Å². The van der Waals surface area contributed by atoms with Crippen molar-refractivity contribution in [2.45, 2.75) is 52.6 Å². The van der Waals surface area contributed by atoms with Crippen molar-refractivity contribution in [3.8, 4) is 0 Å². The van der Waals surface area contributed by atoms with Crippen molar-refractivity contribution in [1.82, 2.24) is 9.88 Å². The Morgan fingerprint density at radius 1 is 1.07 bits per heavy atom. The Morgan fingerprint density at radius 3 is 2.57 bits per heavy atom. The standard InChI is InChI=1S/C26H30N2O2/c1-17-11-13-20(14-12-17)16-28-24-10-5-4-8-21(24)22(15-25(28)29)26(30)27-23-9-6-7-18(2)19(23)3/h4-5,8,10-15,18-19,23H,6-7,9,16H2,1-3H3,(H,27,30)/t18-,19-,23-/m1/s1. The molecule has 3 atom stereocenters. The first kappa shape index (κ1) is 20.4. The zero-order chi connectivity index (χ0) is 21.3. The molecule has 1 N–H and O–H groups in total. The molecule has 156 valence electrons. The molecule has 0 bridgehead atoms. The first-order chi connectivity index (χ1) is 14.4. The van der Waals surface area contributed by atoms with E-state index in [0.29, 0.717) is 23.9 Å². The van der Waals surface area contributed by atoms with Crippen molar-refractivity contribution in [2.24, 2.45) is 11.8 Å². The van der Waals surface area contributed by atoms with Crippen LogP contribution in [0.25, 0.3) is 10.9 Å². The summed E-state index contributed by atoms with van der Waals surface area (Å²) in [5.74, 6) is 0.899.